The summed E-state index contributed by atoms with van der Waals surface area (Å²) in [6.07, 6.45) is 0. The van der Waals surface area contributed by atoms with Crippen molar-refractivity contribution in [2.75, 3.05) is 14.1 Å². The van der Waals surface area contributed by atoms with Crippen molar-refractivity contribution in [2.45, 2.75) is 12.7 Å². The van der Waals surface area contributed by atoms with Gasteiger partial charge in [-0.3, -0.25) is 9.78 Å². The maximum absolute atomic E-state index is 11.3. The minimum Gasteiger partial charge on any atom is -0.340 e. The Morgan fingerprint density at radius 3 is 2.79 bits per heavy atom. The van der Waals surface area contributed by atoms with Gasteiger partial charge in [-0.05, 0) is 19.1 Å². The number of rotatable bonds is 2. The zero-order valence-electron chi connectivity index (χ0n) is 8.65. The van der Waals surface area contributed by atoms with Crippen LogP contribution in [0.15, 0.2) is 18.2 Å². The summed E-state index contributed by atoms with van der Waals surface area (Å²) in [6.45, 7) is 1.95. The summed E-state index contributed by atoms with van der Waals surface area (Å²) in [5.74, 6) is 0.638. The van der Waals surface area contributed by atoms with Crippen LogP contribution in [-0.4, -0.2) is 29.2 Å². The smallest absolute Gasteiger partial charge is 0.281 e. The molecule has 1 amide bonds. The van der Waals surface area contributed by atoms with Crippen molar-refractivity contribution in [3.05, 3.63) is 29.6 Å². The summed E-state index contributed by atoms with van der Waals surface area (Å²) >= 11 is 1.27. The van der Waals surface area contributed by atoms with Gasteiger partial charge in [-0.1, -0.05) is 17.8 Å². The van der Waals surface area contributed by atoms with Crippen LogP contribution in [-0.2, 0) is 5.75 Å². The van der Waals surface area contributed by atoms with Crippen LogP contribution < -0.4 is 0 Å². The average molecular weight is 210 g/mol. The van der Waals surface area contributed by atoms with E-state index in [2.05, 4.69) is 4.98 Å². The van der Waals surface area contributed by atoms with Gasteiger partial charge in [-0.15, -0.1) is 0 Å². The Hall–Kier alpha value is -1.03. The second-order valence-corrected chi connectivity index (χ2v) is 4.15. The van der Waals surface area contributed by atoms with Gasteiger partial charge in [0.1, 0.15) is 0 Å². The van der Waals surface area contributed by atoms with E-state index in [0.717, 1.165) is 11.4 Å². The molecule has 0 aliphatic heterocycles. The van der Waals surface area contributed by atoms with Gasteiger partial charge in [-0.25, -0.2) is 0 Å². The fourth-order valence-electron chi connectivity index (χ4n) is 0.945. The number of hydrogen-bond acceptors (Lipinski definition) is 3. The maximum Gasteiger partial charge on any atom is 0.281 e. The lowest BCUT2D eigenvalue weighted by atomic mass is 10.3. The molecule has 0 unspecified atom stereocenters. The molecule has 76 valence electrons. The molecule has 0 radical (unpaired) electrons. The third kappa shape index (κ3) is 3.38. The predicted octanol–water partition coefficient (Wildman–Crippen LogP) is 2.30. The van der Waals surface area contributed by atoms with E-state index in [-0.39, 0.29) is 5.24 Å². The van der Waals surface area contributed by atoms with Crippen molar-refractivity contribution in [2.24, 2.45) is 0 Å². The van der Waals surface area contributed by atoms with Crippen molar-refractivity contribution in [3.63, 3.8) is 0 Å². The summed E-state index contributed by atoms with van der Waals surface area (Å²) in [7, 11) is 3.50. The van der Waals surface area contributed by atoms with E-state index in [9.17, 15) is 4.79 Å². The van der Waals surface area contributed by atoms with Crippen molar-refractivity contribution in [1.82, 2.24) is 9.88 Å². The molecule has 0 bridgehead atoms. The Labute approximate surface area is 88.5 Å². The molecular weight excluding hydrogens is 196 g/mol. The number of amides is 1. The maximum atomic E-state index is 11.3. The molecule has 0 N–H and O–H groups in total. The molecule has 0 saturated carbocycles. The Kier molecular flexibility index (Phi) is 3.95. The lowest BCUT2D eigenvalue weighted by Crippen LogP contribution is -2.16. The zero-order chi connectivity index (χ0) is 10.6. The Morgan fingerprint density at radius 1 is 1.50 bits per heavy atom. The summed E-state index contributed by atoms with van der Waals surface area (Å²) in [5.41, 5.74) is 1.94. The predicted molar refractivity (Wildman–Crippen MR) is 59.4 cm³/mol. The van der Waals surface area contributed by atoms with E-state index >= 15 is 0 Å². The van der Waals surface area contributed by atoms with E-state index < -0.39 is 0 Å². The molecule has 0 fully saturated rings. The molecule has 0 saturated heterocycles. The van der Waals surface area contributed by atoms with Crippen LogP contribution >= 0.6 is 11.8 Å². The summed E-state index contributed by atoms with van der Waals surface area (Å²) in [5, 5.41) is 0.0632. The van der Waals surface area contributed by atoms with Gasteiger partial charge in [0.05, 0.1) is 5.69 Å². The van der Waals surface area contributed by atoms with E-state index in [4.69, 9.17) is 0 Å². The zero-order valence-corrected chi connectivity index (χ0v) is 9.47. The van der Waals surface area contributed by atoms with Crippen LogP contribution in [0.5, 0.6) is 0 Å². The van der Waals surface area contributed by atoms with Crippen LogP contribution in [0.25, 0.3) is 0 Å². The quantitative estimate of drug-likeness (QED) is 0.751. The number of aromatic nitrogens is 1. The molecule has 1 aromatic rings. The highest BCUT2D eigenvalue weighted by molar-refractivity contribution is 8.12. The molecule has 1 rings (SSSR count). The molecule has 0 spiro atoms. The largest absolute Gasteiger partial charge is 0.340 e. The second-order valence-electron chi connectivity index (χ2n) is 3.22. The first kappa shape index (κ1) is 11.0. The van der Waals surface area contributed by atoms with E-state index in [0.29, 0.717) is 5.75 Å². The van der Waals surface area contributed by atoms with Gasteiger partial charge < -0.3 is 4.90 Å². The molecule has 14 heavy (non-hydrogen) atoms. The highest BCUT2D eigenvalue weighted by Gasteiger charge is 2.05. The van der Waals surface area contributed by atoms with Gasteiger partial charge >= 0.3 is 0 Å². The van der Waals surface area contributed by atoms with Gasteiger partial charge in [0.25, 0.3) is 5.24 Å². The first-order valence-corrected chi connectivity index (χ1v) is 5.35. The number of carbonyl (C=O) groups excluding carboxylic acids is 1. The number of aryl methyl sites for hydroxylation is 1. The fraction of sp³-hybridized carbons (Fsp3) is 0.400. The Morgan fingerprint density at radius 2 is 2.21 bits per heavy atom. The van der Waals surface area contributed by atoms with E-state index in [1.807, 2.05) is 25.1 Å². The summed E-state index contributed by atoms with van der Waals surface area (Å²) in [6, 6.07) is 5.84. The van der Waals surface area contributed by atoms with Crippen LogP contribution in [0.3, 0.4) is 0 Å². The van der Waals surface area contributed by atoms with E-state index in [1.54, 1.807) is 19.0 Å². The van der Waals surface area contributed by atoms with Gasteiger partial charge in [0.2, 0.25) is 0 Å². The highest BCUT2D eigenvalue weighted by atomic mass is 32.2. The molecule has 1 heterocycles. The van der Waals surface area contributed by atoms with Crippen LogP contribution in [0.2, 0.25) is 0 Å². The van der Waals surface area contributed by atoms with Crippen molar-refractivity contribution in [3.8, 4) is 0 Å². The number of thioether (sulfide) groups is 1. The second kappa shape index (κ2) is 5.00. The highest BCUT2D eigenvalue weighted by Crippen LogP contribution is 2.13. The SMILES string of the molecule is Cc1cccc(CSC(=O)N(C)C)n1. The van der Waals surface area contributed by atoms with Crippen LogP contribution in [0.4, 0.5) is 4.79 Å². The number of pyridine rings is 1. The third-order valence-corrected chi connectivity index (χ3v) is 2.71. The van der Waals surface area contributed by atoms with E-state index in [1.165, 1.54) is 11.8 Å². The first-order chi connectivity index (χ1) is 6.59. The lowest BCUT2D eigenvalue weighted by Gasteiger charge is -2.08. The minimum absolute atomic E-state index is 0.0632. The topological polar surface area (TPSA) is 33.2 Å². The van der Waals surface area contributed by atoms with Crippen molar-refractivity contribution < 1.29 is 4.79 Å². The summed E-state index contributed by atoms with van der Waals surface area (Å²) < 4.78 is 0. The first-order valence-electron chi connectivity index (χ1n) is 4.36. The molecule has 4 heteroatoms. The number of nitrogens with zero attached hydrogens (tertiary/aromatic N) is 2. The Balaban J connectivity index is 2.50. The number of hydrogen-bond donors (Lipinski definition) is 0. The molecule has 0 atom stereocenters. The normalized spacial score (nSPS) is 9.93. The molecule has 0 aliphatic rings. The number of carbonyl (C=O) groups is 1. The lowest BCUT2D eigenvalue weighted by molar-refractivity contribution is 0.241. The van der Waals surface area contributed by atoms with Crippen molar-refractivity contribution >= 4 is 17.0 Å². The van der Waals surface area contributed by atoms with Crippen LogP contribution in [0.1, 0.15) is 11.4 Å². The average Bonchev–Trinajstić information content (AvgIpc) is 2.14. The molecule has 1 aromatic heterocycles. The Bertz CT molecular complexity index is 326. The van der Waals surface area contributed by atoms with Crippen LogP contribution in [0, 0.1) is 6.92 Å². The third-order valence-electron chi connectivity index (χ3n) is 1.65. The van der Waals surface area contributed by atoms with Gasteiger partial charge in [0.15, 0.2) is 0 Å². The molecule has 3 nitrogen and oxygen atoms in total. The fourth-order valence-corrected chi connectivity index (χ4v) is 1.63. The molecule has 0 aliphatic carbocycles. The summed E-state index contributed by atoms with van der Waals surface area (Å²) in [4.78, 5) is 17.1. The molecular formula is C10H14N2OS. The van der Waals surface area contributed by atoms with Gasteiger partial charge in [0, 0.05) is 25.5 Å². The standard InChI is InChI=1S/C10H14N2OS/c1-8-5-4-6-9(11-8)7-14-10(13)12(2)3/h4-6H,7H2,1-3H3. The van der Waals surface area contributed by atoms with Gasteiger partial charge in [-0.2, -0.15) is 0 Å². The minimum atomic E-state index is 0.0632. The molecule has 0 aromatic carbocycles. The monoisotopic (exact) mass is 210 g/mol. The van der Waals surface area contributed by atoms with Crippen molar-refractivity contribution in [1.29, 1.82) is 0 Å².